The molecule has 2 heterocycles. The van der Waals surface area contributed by atoms with Crippen molar-refractivity contribution < 1.29 is 14.3 Å². The molecule has 0 spiro atoms. The van der Waals surface area contributed by atoms with Gasteiger partial charge in [-0.25, -0.2) is 4.98 Å². The number of thioether (sulfide) groups is 1. The number of nitrogens with zero attached hydrogens (tertiary/aromatic N) is 2. The molecule has 1 aliphatic rings. The van der Waals surface area contributed by atoms with Crippen molar-refractivity contribution in [2.75, 3.05) is 25.4 Å². The summed E-state index contributed by atoms with van der Waals surface area (Å²) in [7, 11) is 0. The van der Waals surface area contributed by atoms with Gasteiger partial charge in [-0.05, 0) is 25.3 Å². The van der Waals surface area contributed by atoms with Crippen LogP contribution in [0, 0.1) is 5.92 Å². The van der Waals surface area contributed by atoms with Crippen LogP contribution in [0.2, 0.25) is 0 Å². The number of nitrogens with one attached hydrogen (secondary N) is 1. The first kappa shape index (κ1) is 18.5. The van der Waals surface area contributed by atoms with Gasteiger partial charge >= 0.3 is 5.97 Å². The van der Waals surface area contributed by atoms with E-state index < -0.39 is 0 Å². The summed E-state index contributed by atoms with van der Waals surface area (Å²) >= 11 is 1.40. The van der Waals surface area contributed by atoms with Gasteiger partial charge in [-0.3, -0.25) is 9.59 Å². The van der Waals surface area contributed by atoms with E-state index in [1.807, 2.05) is 42.2 Å². The van der Waals surface area contributed by atoms with Crippen LogP contribution in [0.4, 0.5) is 0 Å². The maximum Gasteiger partial charge on any atom is 0.309 e. The summed E-state index contributed by atoms with van der Waals surface area (Å²) in [5.74, 6) is 0.198. The van der Waals surface area contributed by atoms with Gasteiger partial charge in [-0.1, -0.05) is 42.1 Å². The Morgan fingerprint density at radius 2 is 2.00 bits per heavy atom. The van der Waals surface area contributed by atoms with Crippen molar-refractivity contribution >= 4 is 23.6 Å². The Bertz CT molecular complexity index is 739. The molecular formula is C19H23N3O3S. The third kappa shape index (κ3) is 4.66. The van der Waals surface area contributed by atoms with Crippen molar-refractivity contribution in [3.05, 3.63) is 36.5 Å². The SMILES string of the molecule is CCOC(=O)C1CCN(C(=O)CSc2ncc(-c3ccccc3)[nH]2)CC1. The number of hydrogen-bond donors (Lipinski definition) is 1. The third-order valence-electron chi connectivity index (χ3n) is 4.44. The summed E-state index contributed by atoms with van der Waals surface area (Å²) in [6, 6.07) is 9.96. The van der Waals surface area contributed by atoms with Crippen molar-refractivity contribution in [3.8, 4) is 11.3 Å². The van der Waals surface area contributed by atoms with E-state index in [4.69, 9.17) is 4.74 Å². The van der Waals surface area contributed by atoms with Crippen LogP contribution >= 0.6 is 11.8 Å². The second-order valence-corrected chi connectivity index (χ2v) is 7.13. The van der Waals surface area contributed by atoms with Gasteiger partial charge in [0.2, 0.25) is 5.91 Å². The molecule has 6 nitrogen and oxygen atoms in total. The largest absolute Gasteiger partial charge is 0.466 e. The van der Waals surface area contributed by atoms with Crippen LogP contribution in [0.15, 0.2) is 41.7 Å². The minimum Gasteiger partial charge on any atom is -0.466 e. The Morgan fingerprint density at radius 3 is 2.69 bits per heavy atom. The maximum absolute atomic E-state index is 12.4. The van der Waals surface area contributed by atoms with Gasteiger partial charge in [0.15, 0.2) is 5.16 Å². The van der Waals surface area contributed by atoms with Crippen molar-refractivity contribution in [2.24, 2.45) is 5.92 Å². The number of hydrogen-bond acceptors (Lipinski definition) is 5. The number of H-pyrrole nitrogens is 1. The van der Waals surface area contributed by atoms with E-state index in [1.54, 1.807) is 6.20 Å². The third-order valence-corrected chi connectivity index (χ3v) is 5.31. The van der Waals surface area contributed by atoms with Gasteiger partial charge in [0.05, 0.1) is 30.2 Å². The summed E-state index contributed by atoms with van der Waals surface area (Å²) in [4.78, 5) is 33.6. The molecule has 1 fully saturated rings. The first-order chi connectivity index (χ1) is 12.7. The normalized spacial score (nSPS) is 15.0. The van der Waals surface area contributed by atoms with Crippen molar-refractivity contribution in [3.63, 3.8) is 0 Å². The molecular weight excluding hydrogens is 350 g/mol. The average Bonchev–Trinajstić information content (AvgIpc) is 3.16. The van der Waals surface area contributed by atoms with Crippen LogP contribution in [-0.2, 0) is 14.3 Å². The molecule has 0 aliphatic carbocycles. The van der Waals surface area contributed by atoms with Crippen LogP contribution < -0.4 is 0 Å². The molecule has 7 heteroatoms. The molecule has 1 amide bonds. The smallest absolute Gasteiger partial charge is 0.309 e. The van der Waals surface area contributed by atoms with Crippen LogP contribution in [0.5, 0.6) is 0 Å². The predicted molar refractivity (Wildman–Crippen MR) is 101 cm³/mol. The summed E-state index contributed by atoms with van der Waals surface area (Å²) in [6.07, 6.45) is 3.13. The molecule has 138 valence electrons. The van der Waals surface area contributed by atoms with E-state index in [0.29, 0.717) is 38.3 Å². The molecule has 0 atom stereocenters. The molecule has 0 saturated carbocycles. The Morgan fingerprint density at radius 1 is 1.27 bits per heavy atom. The second-order valence-electron chi connectivity index (χ2n) is 6.16. The number of carbonyl (C=O) groups excluding carboxylic acids is 2. The number of imidazole rings is 1. The number of piperidine rings is 1. The molecule has 1 aromatic carbocycles. The van der Waals surface area contributed by atoms with E-state index in [-0.39, 0.29) is 17.8 Å². The Labute approximate surface area is 157 Å². The highest BCUT2D eigenvalue weighted by Gasteiger charge is 2.28. The van der Waals surface area contributed by atoms with E-state index in [1.165, 1.54) is 11.8 Å². The van der Waals surface area contributed by atoms with Gasteiger partial charge < -0.3 is 14.6 Å². The molecule has 26 heavy (non-hydrogen) atoms. The fraction of sp³-hybridized carbons (Fsp3) is 0.421. The molecule has 2 aromatic rings. The number of esters is 1. The van der Waals surface area contributed by atoms with E-state index in [2.05, 4.69) is 9.97 Å². The van der Waals surface area contributed by atoms with Crippen LogP contribution in [0.3, 0.4) is 0 Å². The fourth-order valence-electron chi connectivity index (χ4n) is 2.99. The lowest BCUT2D eigenvalue weighted by atomic mass is 9.97. The molecule has 0 unspecified atom stereocenters. The number of carbonyl (C=O) groups is 2. The van der Waals surface area contributed by atoms with E-state index in [0.717, 1.165) is 16.4 Å². The van der Waals surface area contributed by atoms with Crippen LogP contribution in [-0.4, -0.2) is 52.2 Å². The standard InChI is InChI=1S/C19H23N3O3S/c1-2-25-18(24)15-8-10-22(11-9-15)17(23)13-26-19-20-12-16(21-19)14-6-4-3-5-7-14/h3-7,12,15H,2,8-11,13H2,1H3,(H,20,21). The van der Waals surface area contributed by atoms with Crippen molar-refractivity contribution in [1.29, 1.82) is 0 Å². The number of ether oxygens (including phenoxy) is 1. The zero-order valence-electron chi connectivity index (χ0n) is 14.8. The Kier molecular flexibility index (Phi) is 6.33. The number of aromatic nitrogens is 2. The molecule has 0 bridgehead atoms. The number of benzene rings is 1. The monoisotopic (exact) mass is 373 g/mol. The lowest BCUT2D eigenvalue weighted by Gasteiger charge is -2.30. The summed E-state index contributed by atoms with van der Waals surface area (Å²) in [5, 5.41) is 0.735. The first-order valence-electron chi connectivity index (χ1n) is 8.85. The number of aromatic amines is 1. The molecule has 3 rings (SSSR count). The summed E-state index contributed by atoms with van der Waals surface area (Å²) < 4.78 is 5.06. The number of likely N-dealkylation sites (tertiary alicyclic amines) is 1. The average molecular weight is 373 g/mol. The number of amides is 1. The predicted octanol–water partition coefficient (Wildman–Crippen LogP) is 2.97. The molecule has 0 radical (unpaired) electrons. The lowest BCUT2D eigenvalue weighted by Crippen LogP contribution is -2.41. The molecule has 1 saturated heterocycles. The van der Waals surface area contributed by atoms with Crippen LogP contribution in [0.1, 0.15) is 19.8 Å². The minimum atomic E-state index is -0.141. The summed E-state index contributed by atoms with van der Waals surface area (Å²) in [5.41, 5.74) is 2.01. The van der Waals surface area contributed by atoms with Gasteiger partial charge in [0, 0.05) is 13.1 Å². The second kappa shape index (κ2) is 8.89. The van der Waals surface area contributed by atoms with E-state index in [9.17, 15) is 9.59 Å². The topological polar surface area (TPSA) is 75.3 Å². The maximum atomic E-state index is 12.4. The fourth-order valence-corrected chi connectivity index (χ4v) is 3.74. The number of rotatable bonds is 6. The Hall–Kier alpha value is -2.28. The Balaban J connectivity index is 1.46. The van der Waals surface area contributed by atoms with E-state index >= 15 is 0 Å². The van der Waals surface area contributed by atoms with Gasteiger partial charge in [-0.2, -0.15) is 0 Å². The van der Waals surface area contributed by atoms with Gasteiger partial charge in [0.25, 0.3) is 0 Å². The van der Waals surface area contributed by atoms with Crippen molar-refractivity contribution in [2.45, 2.75) is 24.9 Å². The summed E-state index contributed by atoms with van der Waals surface area (Å²) in [6.45, 7) is 3.43. The highest BCUT2D eigenvalue weighted by molar-refractivity contribution is 7.99. The highest BCUT2D eigenvalue weighted by Crippen LogP contribution is 2.23. The van der Waals surface area contributed by atoms with Gasteiger partial charge in [-0.15, -0.1) is 0 Å². The highest BCUT2D eigenvalue weighted by atomic mass is 32.2. The molecule has 1 aliphatic heterocycles. The lowest BCUT2D eigenvalue weighted by molar-refractivity contribution is -0.151. The molecule has 1 N–H and O–H groups in total. The zero-order valence-corrected chi connectivity index (χ0v) is 15.6. The van der Waals surface area contributed by atoms with Crippen molar-refractivity contribution in [1.82, 2.24) is 14.9 Å². The van der Waals surface area contributed by atoms with Gasteiger partial charge in [0.1, 0.15) is 0 Å². The van der Waals surface area contributed by atoms with Crippen LogP contribution in [0.25, 0.3) is 11.3 Å². The zero-order chi connectivity index (χ0) is 18.4. The quantitative estimate of drug-likeness (QED) is 0.622. The minimum absolute atomic E-state index is 0.0786. The molecule has 1 aromatic heterocycles. The first-order valence-corrected chi connectivity index (χ1v) is 9.83.